The van der Waals surface area contributed by atoms with Crippen molar-refractivity contribution in [3.05, 3.63) is 53.7 Å². The summed E-state index contributed by atoms with van der Waals surface area (Å²) in [7, 11) is 0. The maximum atomic E-state index is 12.5. The van der Waals surface area contributed by atoms with Gasteiger partial charge in [-0.15, -0.1) is 0 Å². The zero-order chi connectivity index (χ0) is 19.2. The quantitative estimate of drug-likeness (QED) is 0.833. The van der Waals surface area contributed by atoms with Gasteiger partial charge < -0.3 is 10.1 Å². The number of hydrogen-bond acceptors (Lipinski definition) is 4. The van der Waals surface area contributed by atoms with Gasteiger partial charge in [-0.2, -0.15) is 8.78 Å². The number of benzene rings is 1. The molecule has 0 saturated carbocycles. The maximum Gasteiger partial charge on any atom is 0.387 e. The number of carbonyl (C=O) groups excluding carboxylic acids is 1. The molecule has 0 aliphatic carbocycles. The third-order valence-corrected chi connectivity index (χ3v) is 4.57. The highest BCUT2D eigenvalue weighted by Crippen LogP contribution is 2.22. The second kappa shape index (κ2) is 8.90. The number of alkyl halides is 2. The highest BCUT2D eigenvalue weighted by Gasteiger charge is 2.26. The van der Waals surface area contributed by atoms with Crippen LogP contribution in [0, 0.1) is 12.8 Å². The minimum atomic E-state index is -2.83. The Morgan fingerprint density at radius 2 is 2.22 bits per heavy atom. The molecular weight excluding hydrogens is 352 g/mol. The van der Waals surface area contributed by atoms with E-state index in [0.29, 0.717) is 18.9 Å². The molecule has 1 saturated heterocycles. The Hall–Kier alpha value is -2.54. The first-order valence-electron chi connectivity index (χ1n) is 8.99. The lowest BCUT2D eigenvalue weighted by Gasteiger charge is -2.32. The topological polar surface area (TPSA) is 54.5 Å². The molecule has 0 bridgehead atoms. The van der Waals surface area contributed by atoms with Crippen LogP contribution in [0.15, 0.2) is 42.6 Å². The van der Waals surface area contributed by atoms with Crippen molar-refractivity contribution >= 4 is 11.7 Å². The lowest BCUT2D eigenvalue weighted by Crippen LogP contribution is -2.40. The molecular formula is C20H23F2N3O2. The first-order valence-corrected chi connectivity index (χ1v) is 8.99. The maximum absolute atomic E-state index is 12.5. The molecule has 1 aliphatic heterocycles. The van der Waals surface area contributed by atoms with E-state index in [9.17, 15) is 13.6 Å². The number of likely N-dealkylation sites (tertiary alicyclic amines) is 1. The third kappa shape index (κ3) is 5.72. The van der Waals surface area contributed by atoms with Crippen molar-refractivity contribution < 1.29 is 18.3 Å². The predicted octanol–water partition coefficient (Wildman–Crippen LogP) is 3.84. The van der Waals surface area contributed by atoms with E-state index in [4.69, 9.17) is 0 Å². The number of piperidine rings is 1. The number of halogens is 2. The molecule has 1 aliphatic rings. The van der Waals surface area contributed by atoms with Crippen LogP contribution in [-0.2, 0) is 11.3 Å². The zero-order valence-electron chi connectivity index (χ0n) is 15.2. The fraction of sp³-hybridized carbons (Fsp3) is 0.400. The summed E-state index contributed by atoms with van der Waals surface area (Å²) in [6.07, 6.45) is 3.45. The molecule has 1 N–H and O–H groups in total. The molecule has 1 atom stereocenters. The Morgan fingerprint density at radius 3 is 2.96 bits per heavy atom. The van der Waals surface area contributed by atoms with Crippen molar-refractivity contribution in [1.82, 2.24) is 9.88 Å². The number of hydrogen-bond donors (Lipinski definition) is 1. The van der Waals surface area contributed by atoms with E-state index >= 15 is 0 Å². The summed E-state index contributed by atoms with van der Waals surface area (Å²) < 4.78 is 29.2. The summed E-state index contributed by atoms with van der Waals surface area (Å²) in [5.74, 6) is 0.548. The number of carbonyl (C=O) groups is 1. The molecule has 2 aromatic rings. The molecule has 0 unspecified atom stereocenters. The van der Waals surface area contributed by atoms with Gasteiger partial charge in [0, 0.05) is 19.3 Å². The van der Waals surface area contributed by atoms with E-state index in [1.54, 1.807) is 24.4 Å². The predicted molar refractivity (Wildman–Crippen MR) is 98.7 cm³/mol. The van der Waals surface area contributed by atoms with Gasteiger partial charge in [-0.3, -0.25) is 9.69 Å². The largest absolute Gasteiger partial charge is 0.435 e. The monoisotopic (exact) mass is 375 g/mol. The average molecular weight is 375 g/mol. The number of nitrogens with zero attached hydrogens (tertiary/aromatic N) is 2. The first kappa shape index (κ1) is 19.2. The van der Waals surface area contributed by atoms with Gasteiger partial charge in [0.05, 0.1) is 5.92 Å². The third-order valence-electron chi connectivity index (χ3n) is 4.57. The average Bonchev–Trinajstić information content (AvgIpc) is 2.63. The molecule has 1 fully saturated rings. The summed E-state index contributed by atoms with van der Waals surface area (Å²) in [5.41, 5.74) is 1.92. The summed E-state index contributed by atoms with van der Waals surface area (Å²) in [6.45, 7) is 1.19. The van der Waals surface area contributed by atoms with E-state index in [1.807, 2.05) is 19.1 Å². The minimum absolute atomic E-state index is 0.0363. The molecule has 2 heterocycles. The van der Waals surface area contributed by atoms with E-state index in [2.05, 4.69) is 19.9 Å². The van der Waals surface area contributed by atoms with Crippen LogP contribution in [0.1, 0.15) is 24.0 Å². The Bertz CT molecular complexity index is 768. The van der Waals surface area contributed by atoms with Crippen LogP contribution in [0.5, 0.6) is 5.75 Å². The van der Waals surface area contributed by atoms with E-state index in [1.165, 1.54) is 6.07 Å². The number of aromatic nitrogens is 1. The van der Waals surface area contributed by atoms with Gasteiger partial charge in [0.25, 0.3) is 0 Å². The zero-order valence-corrected chi connectivity index (χ0v) is 15.2. The highest BCUT2D eigenvalue weighted by atomic mass is 19.3. The number of nitrogens with one attached hydrogen (secondary N) is 1. The fourth-order valence-corrected chi connectivity index (χ4v) is 3.26. The van der Waals surface area contributed by atoms with Crippen molar-refractivity contribution in [3.63, 3.8) is 0 Å². The standard InChI is InChI=1S/C20H23F2N3O2/c1-14-7-8-18(23-11-14)24-19(26)16-5-3-9-25(13-16)12-15-4-2-6-17(10-15)27-20(21)22/h2,4,6-8,10-11,16,20H,3,5,9,12-13H2,1H3,(H,23,24,26)/t16-/m1/s1. The Labute approximate surface area is 157 Å². The second-order valence-corrected chi connectivity index (χ2v) is 6.81. The van der Waals surface area contributed by atoms with Gasteiger partial charge in [-0.05, 0) is 55.6 Å². The smallest absolute Gasteiger partial charge is 0.387 e. The van der Waals surface area contributed by atoms with Crippen molar-refractivity contribution in [3.8, 4) is 5.75 Å². The van der Waals surface area contributed by atoms with Crippen molar-refractivity contribution in [1.29, 1.82) is 0 Å². The lowest BCUT2D eigenvalue weighted by molar-refractivity contribution is -0.121. The number of anilines is 1. The van der Waals surface area contributed by atoms with Gasteiger partial charge in [-0.25, -0.2) is 4.98 Å². The van der Waals surface area contributed by atoms with Gasteiger partial charge in [0.2, 0.25) is 5.91 Å². The van der Waals surface area contributed by atoms with E-state index in [0.717, 1.165) is 30.5 Å². The van der Waals surface area contributed by atoms with Crippen LogP contribution < -0.4 is 10.1 Å². The number of pyridine rings is 1. The van der Waals surface area contributed by atoms with Gasteiger partial charge in [-0.1, -0.05) is 18.2 Å². The van der Waals surface area contributed by atoms with Crippen molar-refractivity contribution in [2.75, 3.05) is 18.4 Å². The van der Waals surface area contributed by atoms with Crippen LogP contribution in [0.25, 0.3) is 0 Å². The van der Waals surface area contributed by atoms with Gasteiger partial charge in [0.15, 0.2) is 0 Å². The first-order chi connectivity index (χ1) is 13.0. The highest BCUT2D eigenvalue weighted by molar-refractivity contribution is 5.91. The molecule has 1 aromatic heterocycles. The minimum Gasteiger partial charge on any atom is -0.435 e. The van der Waals surface area contributed by atoms with Crippen molar-refractivity contribution in [2.24, 2.45) is 5.92 Å². The molecule has 1 amide bonds. The van der Waals surface area contributed by atoms with Crippen LogP contribution in [-0.4, -0.2) is 35.5 Å². The van der Waals surface area contributed by atoms with Gasteiger partial charge >= 0.3 is 6.61 Å². The SMILES string of the molecule is Cc1ccc(NC(=O)[C@@H]2CCCN(Cc3cccc(OC(F)F)c3)C2)nc1. The number of ether oxygens (including phenoxy) is 1. The molecule has 7 heteroatoms. The van der Waals surface area contributed by atoms with E-state index in [-0.39, 0.29) is 17.6 Å². The molecule has 3 rings (SSSR count). The number of amides is 1. The molecule has 0 radical (unpaired) electrons. The summed E-state index contributed by atoms with van der Waals surface area (Å²) in [6, 6.07) is 10.4. The Balaban J connectivity index is 1.57. The Kier molecular flexibility index (Phi) is 6.34. The second-order valence-electron chi connectivity index (χ2n) is 6.81. The summed E-state index contributed by atoms with van der Waals surface area (Å²) in [4.78, 5) is 18.9. The normalized spacial score (nSPS) is 17.7. The molecule has 27 heavy (non-hydrogen) atoms. The Morgan fingerprint density at radius 1 is 1.37 bits per heavy atom. The molecule has 5 nitrogen and oxygen atoms in total. The van der Waals surface area contributed by atoms with Crippen LogP contribution in [0.4, 0.5) is 14.6 Å². The van der Waals surface area contributed by atoms with Crippen LogP contribution in [0.2, 0.25) is 0 Å². The number of rotatable bonds is 6. The summed E-state index contributed by atoms with van der Waals surface area (Å²) >= 11 is 0. The molecule has 144 valence electrons. The number of aryl methyl sites for hydroxylation is 1. The fourth-order valence-electron chi connectivity index (χ4n) is 3.26. The summed E-state index contributed by atoms with van der Waals surface area (Å²) in [5, 5.41) is 2.87. The molecule has 1 aromatic carbocycles. The molecule has 0 spiro atoms. The van der Waals surface area contributed by atoms with Gasteiger partial charge in [0.1, 0.15) is 11.6 Å². The van der Waals surface area contributed by atoms with E-state index < -0.39 is 6.61 Å². The van der Waals surface area contributed by atoms with Crippen molar-refractivity contribution in [2.45, 2.75) is 32.9 Å². The lowest BCUT2D eigenvalue weighted by atomic mass is 9.96. The van der Waals surface area contributed by atoms with Crippen LogP contribution in [0.3, 0.4) is 0 Å². The van der Waals surface area contributed by atoms with Crippen LogP contribution >= 0.6 is 0 Å².